The number of ether oxygens (including phenoxy) is 2. The van der Waals surface area contributed by atoms with Crippen molar-refractivity contribution >= 4 is 77.6 Å². The SMILES string of the molecule is CCc1cc(Nc2ncc(Br)c(Nc3ccc4nccnc4c3N(C)S(C)(=O)=O)n2)c(OC)cc1N1CCC(N2CCN(C(=O)OCc3ccccc3)CC2)CC1. The van der Waals surface area contributed by atoms with Gasteiger partial charge in [0.15, 0.2) is 0 Å². The maximum Gasteiger partial charge on any atom is 0.410 e. The molecule has 5 aromatic rings. The average Bonchev–Trinajstić information content (AvgIpc) is 3.23. The van der Waals surface area contributed by atoms with Crippen molar-refractivity contribution in [1.29, 1.82) is 0 Å². The first-order valence-corrected chi connectivity index (χ1v) is 21.6. The van der Waals surface area contributed by atoms with Crippen LogP contribution in [0.1, 0.15) is 30.9 Å². The van der Waals surface area contributed by atoms with Gasteiger partial charge in [-0.25, -0.2) is 18.2 Å². The number of carbonyl (C=O) groups is 1. The molecule has 2 aliphatic heterocycles. The molecule has 0 saturated carbocycles. The van der Waals surface area contributed by atoms with Gasteiger partial charge < -0.3 is 29.9 Å². The maximum absolute atomic E-state index is 12.7. The van der Waals surface area contributed by atoms with E-state index in [1.807, 2.05) is 35.2 Å². The number of aryl methyl sites for hydroxylation is 1. The molecule has 7 rings (SSSR count). The number of piperazine rings is 1. The highest BCUT2D eigenvalue weighted by Crippen LogP contribution is 2.39. The summed E-state index contributed by atoms with van der Waals surface area (Å²) in [7, 11) is -0.506. The molecule has 15 nitrogen and oxygen atoms in total. The highest BCUT2D eigenvalue weighted by molar-refractivity contribution is 9.10. The Hall–Kier alpha value is -5.26. The zero-order chi connectivity index (χ0) is 40.1. The van der Waals surface area contributed by atoms with Crippen LogP contribution in [0.5, 0.6) is 5.75 Å². The topological polar surface area (TPSA) is 158 Å². The minimum atomic E-state index is -3.64. The summed E-state index contributed by atoms with van der Waals surface area (Å²) in [5.74, 6) is 1.39. The molecule has 17 heteroatoms. The third-order valence-electron chi connectivity index (χ3n) is 10.6. The molecule has 0 spiro atoms. The van der Waals surface area contributed by atoms with E-state index < -0.39 is 10.0 Å². The van der Waals surface area contributed by atoms with Crippen LogP contribution in [-0.4, -0.2) is 110 Å². The van der Waals surface area contributed by atoms with Gasteiger partial charge in [0.1, 0.15) is 29.4 Å². The Morgan fingerprint density at radius 2 is 1.68 bits per heavy atom. The number of amides is 1. The van der Waals surface area contributed by atoms with E-state index >= 15 is 0 Å². The number of halogens is 1. The Morgan fingerprint density at radius 1 is 0.947 bits per heavy atom. The fourth-order valence-corrected chi connectivity index (χ4v) is 8.19. The lowest BCUT2D eigenvalue weighted by molar-refractivity contribution is 0.0554. The zero-order valence-electron chi connectivity index (χ0n) is 32.5. The van der Waals surface area contributed by atoms with Crippen molar-refractivity contribution in [2.24, 2.45) is 0 Å². The third kappa shape index (κ3) is 9.16. The molecule has 300 valence electrons. The van der Waals surface area contributed by atoms with Gasteiger partial charge in [0.05, 0.1) is 34.7 Å². The van der Waals surface area contributed by atoms with E-state index in [2.05, 4.69) is 70.4 Å². The Balaban J connectivity index is 1.01. The summed E-state index contributed by atoms with van der Waals surface area (Å²) in [5, 5.41) is 6.64. The molecule has 0 bridgehead atoms. The number of hydrogen-bond acceptors (Lipinski definition) is 13. The quantitative estimate of drug-likeness (QED) is 0.139. The number of methoxy groups -OCH3 is 1. The van der Waals surface area contributed by atoms with Gasteiger partial charge in [-0.15, -0.1) is 0 Å². The van der Waals surface area contributed by atoms with E-state index in [0.717, 1.165) is 68.6 Å². The number of hydrogen-bond donors (Lipinski definition) is 2. The molecule has 2 fully saturated rings. The predicted octanol–water partition coefficient (Wildman–Crippen LogP) is 6.56. The Morgan fingerprint density at radius 3 is 2.39 bits per heavy atom. The number of carbonyl (C=O) groups excluding carboxylic acids is 1. The number of rotatable bonds is 12. The van der Waals surface area contributed by atoms with Crippen LogP contribution in [0.15, 0.2) is 77.7 Å². The molecular weight excluding hydrogens is 812 g/mol. The molecule has 0 unspecified atom stereocenters. The average molecular weight is 860 g/mol. The van der Waals surface area contributed by atoms with Gasteiger partial charge in [0.2, 0.25) is 16.0 Å². The number of anilines is 6. The summed E-state index contributed by atoms with van der Waals surface area (Å²) in [4.78, 5) is 37.6. The largest absolute Gasteiger partial charge is 0.494 e. The van der Waals surface area contributed by atoms with E-state index in [1.54, 1.807) is 31.6 Å². The molecule has 2 aromatic heterocycles. The van der Waals surface area contributed by atoms with E-state index in [4.69, 9.17) is 14.5 Å². The number of benzene rings is 3. The molecule has 2 saturated heterocycles. The van der Waals surface area contributed by atoms with Crippen LogP contribution < -0.4 is 24.6 Å². The lowest BCUT2D eigenvalue weighted by Gasteiger charge is -2.43. The minimum Gasteiger partial charge on any atom is -0.494 e. The number of nitrogens with zero attached hydrogens (tertiary/aromatic N) is 8. The van der Waals surface area contributed by atoms with Crippen molar-refractivity contribution in [2.75, 3.05) is 79.5 Å². The van der Waals surface area contributed by atoms with Gasteiger partial charge in [-0.3, -0.25) is 19.2 Å². The summed E-state index contributed by atoms with van der Waals surface area (Å²) < 4.78 is 38.6. The van der Waals surface area contributed by atoms with Gasteiger partial charge in [-0.1, -0.05) is 37.3 Å². The highest BCUT2D eigenvalue weighted by Gasteiger charge is 2.30. The number of sulfonamides is 1. The van der Waals surface area contributed by atoms with Gasteiger partial charge in [-0.05, 0) is 64.5 Å². The summed E-state index contributed by atoms with van der Waals surface area (Å²) >= 11 is 3.55. The fourth-order valence-electron chi connectivity index (χ4n) is 7.38. The Bertz CT molecular complexity index is 2320. The van der Waals surface area contributed by atoms with Crippen molar-refractivity contribution < 1.29 is 22.7 Å². The lowest BCUT2D eigenvalue weighted by atomic mass is 9.99. The molecule has 0 atom stereocenters. The van der Waals surface area contributed by atoms with E-state index in [1.165, 1.54) is 23.1 Å². The lowest BCUT2D eigenvalue weighted by Crippen LogP contribution is -2.54. The van der Waals surface area contributed by atoms with E-state index in [0.29, 0.717) is 63.5 Å². The number of nitrogens with one attached hydrogen (secondary N) is 2. The van der Waals surface area contributed by atoms with Crippen molar-refractivity contribution in [1.82, 2.24) is 29.7 Å². The first kappa shape index (κ1) is 40.0. The fraction of sp³-hybridized carbons (Fsp3) is 0.375. The van der Waals surface area contributed by atoms with Gasteiger partial charge in [-0.2, -0.15) is 4.98 Å². The smallest absolute Gasteiger partial charge is 0.410 e. The standard InChI is InChI=1S/C40H47BrN10O5S/c1-5-28-23-33(46-39-44-25-30(41)38(47-39)45-32-12-11-31-36(43-16-15-42-31)37(32)48(2)57(4,53)54)35(55-3)24-34(28)50-17-13-29(14-18-50)49-19-21-51(22-20-49)40(52)56-26-27-9-7-6-8-10-27/h6-12,15-16,23-25,29H,5,13-14,17-22,26H2,1-4H3,(H2,44,45,46,47). The minimum absolute atomic E-state index is 0.249. The van der Waals surface area contributed by atoms with Crippen molar-refractivity contribution in [3.8, 4) is 5.75 Å². The molecular formula is C40H47BrN10O5S. The Labute approximate surface area is 341 Å². The van der Waals surface area contributed by atoms with E-state index in [9.17, 15) is 13.2 Å². The first-order valence-electron chi connectivity index (χ1n) is 18.9. The molecule has 57 heavy (non-hydrogen) atoms. The molecule has 0 radical (unpaired) electrons. The summed E-state index contributed by atoms with van der Waals surface area (Å²) in [6.45, 7) is 7.26. The summed E-state index contributed by atoms with van der Waals surface area (Å²) in [5.41, 5.74) is 5.82. The zero-order valence-corrected chi connectivity index (χ0v) is 34.9. The van der Waals surface area contributed by atoms with Gasteiger partial charge >= 0.3 is 6.09 Å². The van der Waals surface area contributed by atoms with Crippen LogP contribution in [0.3, 0.4) is 0 Å². The molecule has 0 aliphatic carbocycles. The molecule has 2 aliphatic rings. The monoisotopic (exact) mass is 858 g/mol. The summed E-state index contributed by atoms with van der Waals surface area (Å²) in [6.07, 6.45) is 8.47. The number of aromatic nitrogens is 4. The molecule has 4 heterocycles. The van der Waals surface area contributed by atoms with Crippen molar-refractivity contribution in [3.63, 3.8) is 0 Å². The van der Waals surface area contributed by atoms with Crippen LogP contribution in [0.2, 0.25) is 0 Å². The maximum atomic E-state index is 12.7. The van der Waals surface area contributed by atoms with Crippen LogP contribution in [0, 0.1) is 0 Å². The van der Waals surface area contributed by atoms with E-state index in [-0.39, 0.29) is 12.7 Å². The van der Waals surface area contributed by atoms with Crippen molar-refractivity contribution in [2.45, 2.75) is 38.8 Å². The first-order chi connectivity index (χ1) is 27.5. The molecule has 3 aromatic carbocycles. The number of fused-ring (bicyclic) bond motifs is 1. The second-order valence-electron chi connectivity index (χ2n) is 14.1. The molecule has 2 N–H and O–H groups in total. The normalized spacial score (nSPS) is 15.4. The summed E-state index contributed by atoms with van der Waals surface area (Å²) in [6, 6.07) is 17.9. The van der Waals surface area contributed by atoms with Crippen LogP contribution in [-0.2, 0) is 27.8 Å². The number of piperidine rings is 1. The van der Waals surface area contributed by atoms with Gasteiger partial charge in [0.25, 0.3) is 0 Å². The van der Waals surface area contributed by atoms with Crippen molar-refractivity contribution in [3.05, 3.63) is 88.8 Å². The second kappa shape index (κ2) is 17.5. The van der Waals surface area contributed by atoms with Crippen LogP contribution in [0.25, 0.3) is 11.0 Å². The predicted molar refractivity (Wildman–Crippen MR) is 226 cm³/mol. The second-order valence-corrected chi connectivity index (χ2v) is 16.9. The van der Waals surface area contributed by atoms with Gasteiger partial charge in [0, 0.05) is 82.7 Å². The molecule has 1 amide bonds. The third-order valence-corrected chi connectivity index (χ3v) is 12.3. The van der Waals surface area contributed by atoms with Crippen LogP contribution in [0.4, 0.5) is 39.3 Å². The van der Waals surface area contributed by atoms with Crippen LogP contribution >= 0.6 is 15.9 Å². The Kier molecular flexibility index (Phi) is 12.3. The highest BCUT2D eigenvalue weighted by atomic mass is 79.9.